The van der Waals surface area contributed by atoms with Gasteiger partial charge in [0, 0.05) is 39.1 Å². The Morgan fingerprint density at radius 3 is 2.61 bits per heavy atom. The summed E-state index contributed by atoms with van der Waals surface area (Å²) in [6, 6.07) is 5.54. The zero-order valence-corrected chi connectivity index (χ0v) is 17.8. The van der Waals surface area contributed by atoms with E-state index in [4.69, 9.17) is 12.2 Å². The summed E-state index contributed by atoms with van der Waals surface area (Å²) in [6.07, 6.45) is 4.08. The maximum atomic E-state index is 13.0. The maximum absolute atomic E-state index is 13.0. The summed E-state index contributed by atoms with van der Waals surface area (Å²) in [5.74, 6) is -0.238. The lowest BCUT2D eigenvalue weighted by Gasteiger charge is -2.35. The number of hydrogen-bond acceptors (Lipinski definition) is 5. The summed E-state index contributed by atoms with van der Waals surface area (Å²) in [4.78, 5) is 13.5. The molecule has 1 aromatic rings. The van der Waals surface area contributed by atoms with E-state index < -0.39 is 10.0 Å². The lowest BCUT2D eigenvalue weighted by molar-refractivity contribution is -0.140. The molecule has 28 heavy (non-hydrogen) atoms. The zero-order valence-electron chi connectivity index (χ0n) is 16.1. The van der Waals surface area contributed by atoms with Crippen molar-refractivity contribution in [3.8, 4) is 0 Å². The Morgan fingerprint density at radius 2 is 1.89 bits per heavy atom. The Balaban J connectivity index is 1.50. The molecule has 9 heteroatoms. The molecule has 1 heterocycles. The van der Waals surface area contributed by atoms with Crippen LogP contribution in [-0.4, -0.2) is 68.5 Å². The molecular formula is C19H27N3O4S2. The molecule has 0 saturated carbocycles. The topological polar surface area (TPSA) is 79.0 Å². The Kier molecular flexibility index (Phi) is 6.90. The number of hydrogen-bond donors (Lipinski definition) is 1. The van der Waals surface area contributed by atoms with Crippen LogP contribution in [0.15, 0.2) is 23.1 Å². The largest absolute Gasteiger partial charge is 0.469 e. The maximum Gasteiger partial charge on any atom is 0.305 e. The van der Waals surface area contributed by atoms with Gasteiger partial charge in [-0.2, -0.15) is 4.31 Å². The molecule has 0 spiro atoms. The lowest BCUT2D eigenvalue weighted by atomic mass is 10.1. The smallest absolute Gasteiger partial charge is 0.305 e. The normalized spacial score (nSPS) is 17.2. The highest BCUT2D eigenvalue weighted by Gasteiger charge is 2.30. The van der Waals surface area contributed by atoms with Crippen molar-refractivity contribution in [1.29, 1.82) is 0 Å². The lowest BCUT2D eigenvalue weighted by Crippen LogP contribution is -2.53. The number of aryl methyl sites for hydroxylation is 2. The van der Waals surface area contributed by atoms with Crippen molar-refractivity contribution in [3.63, 3.8) is 0 Å². The number of benzene rings is 1. The summed E-state index contributed by atoms with van der Waals surface area (Å²) >= 11 is 5.39. The molecule has 0 radical (unpaired) electrons. The summed E-state index contributed by atoms with van der Waals surface area (Å²) < 4.78 is 32.1. The first kappa shape index (κ1) is 21.0. The molecule has 1 fully saturated rings. The van der Waals surface area contributed by atoms with E-state index in [2.05, 4.69) is 10.1 Å². The molecular weight excluding hydrogens is 398 g/mol. The van der Waals surface area contributed by atoms with Gasteiger partial charge in [-0.25, -0.2) is 8.42 Å². The van der Waals surface area contributed by atoms with Crippen molar-refractivity contribution in [2.75, 3.05) is 39.8 Å². The number of carbonyl (C=O) groups excluding carboxylic acids is 1. The summed E-state index contributed by atoms with van der Waals surface area (Å²) in [6.45, 7) is 2.49. The van der Waals surface area contributed by atoms with Crippen LogP contribution in [0.4, 0.5) is 0 Å². The van der Waals surface area contributed by atoms with Crippen molar-refractivity contribution < 1.29 is 17.9 Å². The van der Waals surface area contributed by atoms with Crippen LogP contribution in [0.1, 0.15) is 30.4 Å². The second kappa shape index (κ2) is 9.19. The molecule has 1 aromatic carbocycles. The van der Waals surface area contributed by atoms with Crippen LogP contribution in [0, 0.1) is 0 Å². The SMILES string of the molecule is COC(=O)CCCNC(=S)N1CCN(S(=O)(=O)c2ccc3c(c2)CCC3)CC1. The van der Waals surface area contributed by atoms with Crippen LogP contribution in [0.5, 0.6) is 0 Å². The van der Waals surface area contributed by atoms with Crippen molar-refractivity contribution in [3.05, 3.63) is 29.3 Å². The van der Waals surface area contributed by atoms with Crippen molar-refractivity contribution >= 4 is 33.3 Å². The molecule has 7 nitrogen and oxygen atoms in total. The Labute approximate surface area is 172 Å². The van der Waals surface area contributed by atoms with E-state index >= 15 is 0 Å². The third-order valence-corrected chi connectivity index (χ3v) is 7.59. The molecule has 0 atom stereocenters. The fourth-order valence-electron chi connectivity index (χ4n) is 3.63. The van der Waals surface area contributed by atoms with E-state index in [1.165, 1.54) is 12.7 Å². The number of nitrogens with zero attached hydrogens (tertiary/aromatic N) is 2. The molecule has 1 aliphatic heterocycles. The summed E-state index contributed by atoms with van der Waals surface area (Å²) in [7, 11) is -2.10. The van der Waals surface area contributed by atoms with Crippen LogP contribution in [0.2, 0.25) is 0 Å². The highest BCUT2D eigenvalue weighted by molar-refractivity contribution is 7.89. The fraction of sp³-hybridized carbons (Fsp3) is 0.579. The second-order valence-electron chi connectivity index (χ2n) is 7.09. The van der Waals surface area contributed by atoms with Crippen LogP contribution < -0.4 is 5.32 Å². The van der Waals surface area contributed by atoms with E-state index in [0.717, 1.165) is 24.8 Å². The quantitative estimate of drug-likeness (QED) is 0.418. The number of esters is 1. The first-order chi connectivity index (χ1) is 13.4. The Hall–Kier alpha value is -1.71. The van der Waals surface area contributed by atoms with Gasteiger partial charge in [0.05, 0.1) is 12.0 Å². The number of rotatable bonds is 6. The van der Waals surface area contributed by atoms with E-state index in [1.54, 1.807) is 10.4 Å². The predicted molar refractivity (Wildman–Crippen MR) is 111 cm³/mol. The fourth-order valence-corrected chi connectivity index (χ4v) is 5.39. The first-order valence-electron chi connectivity index (χ1n) is 9.63. The van der Waals surface area contributed by atoms with Crippen LogP contribution in [-0.2, 0) is 32.4 Å². The van der Waals surface area contributed by atoms with Gasteiger partial charge in [-0.3, -0.25) is 4.79 Å². The zero-order chi connectivity index (χ0) is 20.1. The van der Waals surface area contributed by atoms with Gasteiger partial charge in [-0.1, -0.05) is 6.07 Å². The van der Waals surface area contributed by atoms with Gasteiger partial charge in [0.15, 0.2) is 5.11 Å². The predicted octanol–water partition coefficient (Wildman–Crippen LogP) is 1.31. The average Bonchev–Trinajstić information content (AvgIpc) is 3.18. The molecule has 1 N–H and O–H groups in total. The van der Waals surface area contributed by atoms with Gasteiger partial charge in [0.2, 0.25) is 10.0 Å². The van der Waals surface area contributed by atoms with Gasteiger partial charge >= 0.3 is 5.97 Å². The number of nitrogens with one attached hydrogen (secondary N) is 1. The number of ether oxygens (including phenoxy) is 1. The molecule has 1 saturated heterocycles. The van der Waals surface area contributed by atoms with Crippen LogP contribution >= 0.6 is 12.2 Å². The van der Waals surface area contributed by atoms with Crippen molar-refractivity contribution in [2.24, 2.45) is 0 Å². The van der Waals surface area contributed by atoms with Crippen molar-refractivity contribution in [1.82, 2.24) is 14.5 Å². The van der Waals surface area contributed by atoms with E-state index in [9.17, 15) is 13.2 Å². The van der Waals surface area contributed by atoms with Crippen LogP contribution in [0.3, 0.4) is 0 Å². The minimum atomic E-state index is -3.47. The molecule has 154 valence electrons. The highest BCUT2D eigenvalue weighted by Crippen LogP contribution is 2.26. The summed E-state index contributed by atoms with van der Waals surface area (Å²) in [5, 5.41) is 3.72. The molecule has 0 bridgehead atoms. The van der Waals surface area contributed by atoms with Crippen molar-refractivity contribution in [2.45, 2.75) is 37.0 Å². The average molecular weight is 426 g/mol. The van der Waals surface area contributed by atoms with Gasteiger partial charge in [0.1, 0.15) is 0 Å². The standard InChI is InChI=1S/C19H27N3O4S2/c1-26-18(23)6-3-9-20-19(27)21-10-12-22(13-11-21)28(24,25)17-8-7-15-4-2-5-16(15)14-17/h7-8,14H,2-6,9-13H2,1H3,(H,20,27). The number of thiocarbonyl (C=S) groups is 1. The molecule has 3 rings (SSSR count). The number of piperazine rings is 1. The molecule has 0 amide bonds. The Bertz CT molecular complexity index is 834. The monoisotopic (exact) mass is 425 g/mol. The molecule has 0 aromatic heterocycles. The first-order valence-corrected chi connectivity index (χ1v) is 11.5. The van der Waals surface area contributed by atoms with Gasteiger partial charge < -0.3 is 15.0 Å². The van der Waals surface area contributed by atoms with E-state index in [-0.39, 0.29) is 5.97 Å². The Morgan fingerprint density at radius 1 is 1.18 bits per heavy atom. The minimum Gasteiger partial charge on any atom is -0.469 e. The molecule has 1 aliphatic carbocycles. The number of sulfonamides is 1. The van der Waals surface area contributed by atoms with E-state index in [0.29, 0.717) is 55.6 Å². The number of carbonyl (C=O) groups is 1. The number of fused-ring (bicyclic) bond motifs is 1. The summed E-state index contributed by atoms with van der Waals surface area (Å²) in [5.41, 5.74) is 2.43. The van der Waals surface area contributed by atoms with Gasteiger partial charge in [-0.15, -0.1) is 0 Å². The highest BCUT2D eigenvalue weighted by atomic mass is 32.2. The molecule has 0 unspecified atom stereocenters. The molecule has 2 aliphatic rings. The van der Waals surface area contributed by atoms with Gasteiger partial charge in [0.25, 0.3) is 0 Å². The van der Waals surface area contributed by atoms with E-state index in [1.807, 2.05) is 17.0 Å². The van der Waals surface area contributed by atoms with Gasteiger partial charge in [-0.05, 0) is 61.2 Å². The number of methoxy groups -OCH3 is 1. The second-order valence-corrected chi connectivity index (χ2v) is 9.41. The van der Waals surface area contributed by atoms with Crippen LogP contribution in [0.25, 0.3) is 0 Å². The minimum absolute atomic E-state index is 0.238. The third kappa shape index (κ3) is 4.82. The third-order valence-electron chi connectivity index (χ3n) is 5.30.